The van der Waals surface area contributed by atoms with E-state index in [1.807, 2.05) is 38.1 Å². The molecule has 0 spiro atoms. The molecule has 2 heterocycles. The standard InChI is InChI=1S/C14H14N4OS/c1-3-20-14-16-12-11(13(19)17-14)8-15-18(12)10-6-4-5-9(2)7-10/h4-8H,3H2,1-2H3,(H,16,17,19). The summed E-state index contributed by atoms with van der Waals surface area (Å²) in [5, 5.41) is 5.42. The van der Waals surface area contributed by atoms with Gasteiger partial charge in [0.05, 0.1) is 11.9 Å². The third kappa shape index (κ3) is 2.22. The molecule has 1 aromatic carbocycles. The highest BCUT2D eigenvalue weighted by Gasteiger charge is 2.11. The number of thioether (sulfide) groups is 1. The number of aromatic nitrogens is 4. The summed E-state index contributed by atoms with van der Waals surface area (Å²) in [6.45, 7) is 4.04. The summed E-state index contributed by atoms with van der Waals surface area (Å²) in [6, 6.07) is 7.96. The second-order valence-electron chi connectivity index (χ2n) is 4.44. The molecule has 1 N–H and O–H groups in total. The molecule has 0 saturated heterocycles. The first-order valence-corrected chi connectivity index (χ1v) is 7.35. The van der Waals surface area contributed by atoms with Crippen LogP contribution < -0.4 is 5.56 Å². The van der Waals surface area contributed by atoms with Crippen molar-refractivity contribution in [1.82, 2.24) is 19.7 Å². The minimum atomic E-state index is -0.148. The van der Waals surface area contributed by atoms with Crippen LogP contribution in [0.15, 0.2) is 40.4 Å². The molecule has 0 fully saturated rings. The molecule has 0 atom stereocenters. The van der Waals surface area contributed by atoms with Crippen molar-refractivity contribution in [2.24, 2.45) is 0 Å². The normalized spacial score (nSPS) is 11.1. The Bertz CT molecular complexity index is 821. The van der Waals surface area contributed by atoms with Crippen LogP contribution in [0, 0.1) is 6.92 Å². The van der Waals surface area contributed by atoms with Gasteiger partial charge in [0.1, 0.15) is 5.39 Å². The number of H-pyrrole nitrogens is 1. The van der Waals surface area contributed by atoms with E-state index in [4.69, 9.17) is 0 Å². The summed E-state index contributed by atoms with van der Waals surface area (Å²) < 4.78 is 1.71. The zero-order chi connectivity index (χ0) is 14.1. The first-order valence-electron chi connectivity index (χ1n) is 6.37. The van der Waals surface area contributed by atoms with Gasteiger partial charge in [-0.3, -0.25) is 4.79 Å². The summed E-state index contributed by atoms with van der Waals surface area (Å²) in [5.41, 5.74) is 2.49. The van der Waals surface area contributed by atoms with Gasteiger partial charge in [-0.25, -0.2) is 9.67 Å². The van der Waals surface area contributed by atoms with E-state index in [1.165, 1.54) is 11.8 Å². The SMILES string of the molecule is CCSc1nc2c(cnn2-c2cccc(C)c2)c(=O)[nH]1. The largest absolute Gasteiger partial charge is 0.301 e. The van der Waals surface area contributed by atoms with E-state index in [9.17, 15) is 4.79 Å². The van der Waals surface area contributed by atoms with Gasteiger partial charge in [0.2, 0.25) is 0 Å². The van der Waals surface area contributed by atoms with Crippen LogP contribution in [0.1, 0.15) is 12.5 Å². The van der Waals surface area contributed by atoms with Crippen molar-refractivity contribution in [2.75, 3.05) is 5.75 Å². The van der Waals surface area contributed by atoms with Crippen molar-refractivity contribution in [3.05, 3.63) is 46.4 Å². The van der Waals surface area contributed by atoms with Crippen molar-refractivity contribution in [1.29, 1.82) is 0 Å². The molecule has 2 aromatic heterocycles. The van der Waals surface area contributed by atoms with E-state index in [0.29, 0.717) is 16.2 Å². The summed E-state index contributed by atoms with van der Waals surface area (Å²) in [6.07, 6.45) is 1.56. The maximum Gasteiger partial charge on any atom is 0.262 e. The average molecular weight is 286 g/mol. The van der Waals surface area contributed by atoms with E-state index in [0.717, 1.165) is 17.0 Å². The van der Waals surface area contributed by atoms with E-state index >= 15 is 0 Å². The average Bonchev–Trinajstić information content (AvgIpc) is 2.83. The minimum absolute atomic E-state index is 0.148. The lowest BCUT2D eigenvalue weighted by molar-refractivity contribution is 0.872. The predicted molar refractivity (Wildman–Crippen MR) is 80.6 cm³/mol. The van der Waals surface area contributed by atoms with Crippen molar-refractivity contribution >= 4 is 22.8 Å². The summed E-state index contributed by atoms with van der Waals surface area (Å²) in [7, 11) is 0. The second kappa shape index (κ2) is 5.13. The van der Waals surface area contributed by atoms with Gasteiger partial charge in [-0.05, 0) is 30.4 Å². The Balaban J connectivity index is 2.24. The molecule has 0 amide bonds. The zero-order valence-corrected chi connectivity index (χ0v) is 12.1. The lowest BCUT2D eigenvalue weighted by Crippen LogP contribution is -2.09. The van der Waals surface area contributed by atoms with E-state index in [2.05, 4.69) is 15.1 Å². The summed E-state index contributed by atoms with van der Waals surface area (Å²) in [5.74, 6) is 0.854. The molecule has 0 aliphatic rings. The zero-order valence-electron chi connectivity index (χ0n) is 11.3. The van der Waals surface area contributed by atoms with Crippen LogP contribution in [0.25, 0.3) is 16.7 Å². The van der Waals surface area contributed by atoms with Gasteiger partial charge in [0.25, 0.3) is 5.56 Å². The Labute approximate surface area is 120 Å². The molecule has 102 valence electrons. The van der Waals surface area contributed by atoms with Gasteiger partial charge in [0, 0.05) is 0 Å². The monoisotopic (exact) mass is 286 g/mol. The Morgan fingerprint density at radius 2 is 2.25 bits per heavy atom. The summed E-state index contributed by atoms with van der Waals surface area (Å²) in [4.78, 5) is 19.3. The Morgan fingerprint density at radius 3 is 3.00 bits per heavy atom. The van der Waals surface area contributed by atoms with Crippen LogP contribution in [0.5, 0.6) is 0 Å². The third-order valence-electron chi connectivity index (χ3n) is 2.94. The maximum absolute atomic E-state index is 12.0. The molecule has 3 rings (SSSR count). The van der Waals surface area contributed by atoms with Gasteiger partial charge < -0.3 is 4.98 Å². The molecular weight excluding hydrogens is 272 g/mol. The first kappa shape index (κ1) is 12.9. The number of nitrogens with one attached hydrogen (secondary N) is 1. The van der Waals surface area contributed by atoms with E-state index < -0.39 is 0 Å². The molecule has 0 unspecified atom stereocenters. The second-order valence-corrected chi connectivity index (χ2v) is 5.69. The van der Waals surface area contributed by atoms with Gasteiger partial charge in [-0.1, -0.05) is 30.8 Å². The fourth-order valence-electron chi connectivity index (χ4n) is 2.05. The van der Waals surface area contributed by atoms with Crippen LogP contribution in [-0.4, -0.2) is 25.5 Å². The van der Waals surface area contributed by atoms with Gasteiger partial charge in [-0.2, -0.15) is 5.10 Å². The highest BCUT2D eigenvalue weighted by atomic mass is 32.2. The molecule has 0 aliphatic carbocycles. The number of aryl methyl sites for hydroxylation is 1. The van der Waals surface area contributed by atoms with Crippen LogP contribution in [0.2, 0.25) is 0 Å². The number of aromatic amines is 1. The number of rotatable bonds is 3. The fourth-order valence-corrected chi connectivity index (χ4v) is 2.64. The molecule has 5 nitrogen and oxygen atoms in total. The van der Waals surface area contributed by atoms with Crippen molar-refractivity contribution < 1.29 is 0 Å². The maximum atomic E-state index is 12.0. The van der Waals surface area contributed by atoms with Crippen molar-refractivity contribution in [3.63, 3.8) is 0 Å². The topological polar surface area (TPSA) is 63.6 Å². The number of hydrogen-bond donors (Lipinski definition) is 1. The Morgan fingerprint density at radius 1 is 1.40 bits per heavy atom. The lowest BCUT2D eigenvalue weighted by Gasteiger charge is -2.04. The quantitative estimate of drug-likeness (QED) is 0.593. The van der Waals surface area contributed by atoms with Crippen molar-refractivity contribution in [3.8, 4) is 5.69 Å². The van der Waals surface area contributed by atoms with Gasteiger partial charge in [-0.15, -0.1) is 0 Å². The molecule has 0 radical (unpaired) electrons. The smallest absolute Gasteiger partial charge is 0.262 e. The van der Waals surface area contributed by atoms with E-state index in [1.54, 1.807) is 10.9 Å². The number of nitrogens with zero attached hydrogens (tertiary/aromatic N) is 3. The van der Waals surface area contributed by atoms with Crippen molar-refractivity contribution in [2.45, 2.75) is 19.0 Å². The fraction of sp³-hybridized carbons (Fsp3) is 0.214. The highest BCUT2D eigenvalue weighted by Crippen LogP contribution is 2.18. The Kier molecular flexibility index (Phi) is 3.31. The van der Waals surface area contributed by atoms with Gasteiger partial charge in [0.15, 0.2) is 10.8 Å². The number of hydrogen-bond acceptors (Lipinski definition) is 4. The summed E-state index contributed by atoms with van der Waals surface area (Å²) >= 11 is 1.51. The predicted octanol–water partition coefficient (Wildman–Crippen LogP) is 2.53. The number of benzene rings is 1. The van der Waals surface area contributed by atoms with Gasteiger partial charge >= 0.3 is 0 Å². The van der Waals surface area contributed by atoms with Crippen LogP contribution in [0.3, 0.4) is 0 Å². The Hall–Kier alpha value is -2.08. The molecule has 0 bridgehead atoms. The first-order chi connectivity index (χ1) is 9.69. The molecule has 3 aromatic rings. The molecular formula is C14H14N4OS. The minimum Gasteiger partial charge on any atom is -0.301 e. The van der Waals surface area contributed by atoms with Crippen LogP contribution in [0.4, 0.5) is 0 Å². The molecule has 20 heavy (non-hydrogen) atoms. The molecule has 0 aliphatic heterocycles. The van der Waals surface area contributed by atoms with Crippen LogP contribution in [-0.2, 0) is 0 Å². The lowest BCUT2D eigenvalue weighted by atomic mass is 10.2. The molecule has 0 saturated carbocycles. The van der Waals surface area contributed by atoms with E-state index in [-0.39, 0.29) is 5.56 Å². The highest BCUT2D eigenvalue weighted by molar-refractivity contribution is 7.99. The van der Waals surface area contributed by atoms with Crippen LogP contribution >= 0.6 is 11.8 Å². The number of fused-ring (bicyclic) bond motifs is 1. The third-order valence-corrected chi connectivity index (χ3v) is 3.70. The molecule has 6 heteroatoms.